The highest BCUT2D eigenvalue weighted by Gasteiger charge is 2.20. The van der Waals surface area contributed by atoms with E-state index in [0.717, 1.165) is 78.0 Å². The SMILES string of the molecule is CCCCCCCCCCCC(=O)Cl.CCCCCCCCCCCC(=O)N1CCN(c2ccncc2)CC1.S=S=S=S=S=S=S=S=S=S=S=S=S=S=S=S=S=S=S=S=S=S=S=S.c1cc(N2CCNCC2)ccn1. The molecule has 2 saturated heterocycles. The normalized spacial score (nSPS) is 12.1. The van der Waals surface area contributed by atoms with Gasteiger partial charge in [0.05, 0.1) is 0 Å². The zero-order valence-electron chi connectivity index (χ0n) is 42.1. The number of aromatic nitrogens is 2. The summed E-state index contributed by atoms with van der Waals surface area (Å²) in [5, 5.41) is 3.14. The highest BCUT2D eigenvalue weighted by Crippen LogP contribution is 2.17. The molecule has 0 atom stereocenters. The molecule has 33 heteroatoms. The van der Waals surface area contributed by atoms with Gasteiger partial charge in [-0.2, -0.15) is 0 Å². The number of pyridine rings is 2. The third-order valence-corrected chi connectivity index (χ3v) is 57.2. The maximum Gasteiger partial charge on any atom is 0.222 e. The van der Waals surface area contributed by atoms with Crippen LogP contribution in [0, 0.1) is 0 Å². The lowest BCUT2D eigenvalue weighted by atomic mass is 10.1. The lowest BCUT2D eigenvalue weighted by molar-refractivity contribution is -0.131. The fourth-order valence-corrected chi connectivity index (χ4v) is 61.8. The predicted octanol–water partition coefficient (Wildman–Crippen LogP) is 9.76. The molecule has 4 heterocycles. The Morgan fingerprint density at radius 3 is 1.05 bits per heavy atom. The van der Waals surface area contributed by atoms with Crippen molar-refractivity contribution in [2.75, 3.05) is 62.2 Å². The van der Waals surface area contributed by atoms with E-state index in [1.807, 2.05) is 77.3 Å². The van der Waals surface area contributed by atoms with Gasteiger partial charge in [-0.1, -0.05) is 117 Å². The molecule has 2 fully saturated rings. The monoisotopic (exact) mass is 1490 g/mol. The molecule has 2 aromatic heterocycles. The molecule has 0 radical (unpaired) electrons. The summed E-state index contributed by atoms with van der Waals surface area (Å²) in [5.41, 5.74) is 2.49. The van der Waals surface area contributed by atoms with Gasteiger partial charge in [0.15, 0.2) is 0 Å². The summed E-state index contributed by atoms with van der Waals surface area (Å²) in [7, 11) is 38.1. The third-order valence-electron chi connectivity index (χ3n) is 10.4. The van der Waals surface area contributed by atoms with Gasteiger partial charge < -0.3 is 20.0 Å². The van der Waals surface area contributed by atoms with Gasteiger partial charge in [0.25, 0.3) is 0 Å². The quantitative estimate of drug-likeness (QED) is 0.0917. The van der Waals surface area contributed by atoms with Gasteiger partial charge in [-0.3, -0.25) is 19.6 Å². The van der Waals surface area contributed by atoms with E-state index in [0.29, 0.717) is 12.3 Å². The molecule has 0 unspecified atom stereocenters. The van der Waals surface area contributed by atoms with Crippen LogP contribution in [0.3, 0.4) is 0 Å². The van der Waals surface area contributed by atoms with Crippen molar-refractivity contribution < 1.29 is 9.59 Å². The number of anilines is 2. The van der Waals surface area contributed by atoms with Crippen LogP contribution in [-0.2, 0) is 227 Å². The second kappa shape index (κ2) is 61.1. The van der Waals surface area contributed by atoms with Gasteiger partial charge in [-0.25, -0.2) is 0 Å². The second-order valence-electron chi connectivity index (χ2n) is 15.5. The third kappa shape index (κ3) is 50.8. The van der Waals surface area contributed by atoms with Crippen LogP contribution in [0.4, 0.5) is 11.4 Å². The minimum atomic E-state index is -0.187. The molecule has 2 aliphatic rings. The Hall–Kier alpha value is 2.57. The van der Waals surface area contributed by atoms with Crippen molar-refractivity contribution in [3.63, 3.8) is 0 Å². The number of nitrogens with zero attached hydrogens (tertiary/aromatic N) is 5. The Morgan fingerprint density at radius 2 is 0.733 bits per heavy atom. The lowest BCUT2D eigenvalue weighted by Crippen LogP contribution is -2.48. The first kappa shape index (κ1) is 75.6. The Morgan fingerprint density at radius 1 is 0.440 bits per heavy atom. The fourth-order valence-electron chi connectivity index (χ4n) is 6.79. The number of halogens is 1. The Bertz CT molecular complexity index is 2780. The van der Waals surface area contributed by atoms with Crippen LogP contribution < -0.4 is 15.1 Å². The van der Waals surface area contributed by atoms with Gasteiger partial charge >= 0.3 is 0 Å². The van der Waals surface area contributed by atoms with E-state index in [9.17, 15) is 9.59 Å². The van der Waals surface area contributed by atoms with Crippen molar-refractivity contribution in [3.05, 3.63) is 49.1 Å². The molecule has 1 N–H and O–H groups in total. The van der Waals surface area contributed by atoms with Crippen molar-refractivity contribution in [1.29, 1.82) is 0 Å². The summed E-state index contributed by atoms with van der Waals surface area (Å²) in [6.07, 6.45) is 31.9. The summed E-state index contributed by atoms with van der Waals surface area (Å²) in [4.78, 5) is 37.6. The highest BCUT2D eigenvalue weighted by atomic mass is 35.5. The van der Waals surface area contributed by atoms with Crippen molar-refractivity contribution in [2.45, 2.75) is 142 Å². The van der Waals surface area contributed by atoms with Crippen LogP contribution in [-0.4, -0.2) is 78.4 Å². The van der Waals surface area contributed by atoms with Crippen molar-refractivity contribution in [2.24, 2.45) is 0 Å². The molecule has 1 amide bonds. The summed E-state index contributed by atoms with van der Waals surface area (Å²) in [5.74, 6) is 0.345. The average molecular weight is 1500 g/mol. The summed E-state index contributed by atoms with van der Waals surface area (Å²) in [6, 6.07) is 8.20. The smallest absolute Gasteiger partial charge is 0.222 e. The number of carbonyl (C=O) groups is 2. The first-order valence-electron chi connectivity index (χ1n) is 24.3. The van der Waals surface area contributed by atoms with Crippen LogP contribution in [0.1, 0.15) is 142 Å². The first-order valence-corrected chi connectivity index (χ1v) is 55.4. The largest absolute Gasteiger partial charge is 0.369 e. The minimum Gasteiger partial charge on any atom is -0.369 e. The maximum atomic E-state index is 12.3. The van der Waals surface area contributed by atoms with Crippen LogP contribution in [0.2, 0.25) is 0 Å². The number of rotatable bonds is 22. The van der Waals surface area contributed by atoms with Crippen molar-refractivity contribution in [3.8, 4) is 0 Å². The van der Waals surface area contributed by atoms with E-state index >= 15 is 0 Å². The number of piperazine rings is 2. The molecule has 2 aliphatic heterocycles. The number of unbranched alkanes of at least 4 members (excludes halogenated alkanes) is 16. The molecule has 432 valence electrons. The molecule has 4 rings (SSSR count). The lowest BCUT2D eigenvalue weighted by Gasteiger charge is -2.36. The number of hydrogen-bond donors (Lipinski definition) is 1. The van der Waals surface area contributed by atoms with E-state index in [4.69, 9.17) is 34.0 Å². The molecule has 0 spiro atoms. The first-order chi connectivity index (χ1) is 37.0. The molecule has 0 aromatic carbocycles. The molecule has 0 aliphatic carbocycles. The average Bonchev–Trinajstić information content (AvgIpc) is 3.45. The Balaban J connectivity index is 0.000000521. The van der Waals surface area contributed by atoms with Crippen LogP contribution >= 0.6 is 11.6 Å². The number of amides is 1. The standard InChI is InChI=1S/C21H35N3O.C12H23ClO.C9H13N3.S24/c1-2-3-4-5-6-7-8-9-10-11-21(25)24-18-16-23(17-19-24)20-12-14-22-15-13-20;1-2-3-4-5-6-7-8-9-10-11-12(13)14;1-3-10-4-2-9(1)12-7-5-11-6-8-12;1-3-5-7-9-11-13-15-17-19-21-23-24-22-20-18-16-14-12-10-8-6-4-2/h12-15H,2-11,16-19H2,1H3;2-11H2,1H3;1-4,11H,5-8H2;. The van der Waals surface area contributed by atoms with Crippen LogP contribution in [0.5, 0.6) is 0 Å². The van der Waals surface area contributed by atoms with Crippen LogP contribution in [0.25, 0.3) is 0 Å². The molecular formula is C42H71ClN6O2S24. The predicted molar refractivity (Wildman–Crippen MR) is 394 cm³/mol. The molecule has 0 saturated carbocycles. The van der Waals surface area contributed by atoms with E-state index in [2.05, 4.69) is 51.1 Å². The van der Waals surface area contributed by atoms with Gasteiger partial charge in [0, 0.05) is 319 Å². The minimum absolute atomic E-state index is 0.187. The van der Waals surface area contributed by atoms with Gasteiger partial charge in [-0.05, 0) is 48.7 Å². The van der Waals surface area contributed by atoms with E-state index in [-0.39, 0.29) is 5.24 Å². The van der Waals surface area contributed by atoms with Crippen LogP contribution in [0.15, 0.2) is 49.1 Å². The van der Waals surface area contributed by atoms with Gasteiger partial charge in [0.2, 0.25) is 11.1 Å². The maximum absolute atomic E-state index is 12.3. The van der Waals surface area contributed by atoms with Gasteiger partial charge in [-0.15, -0.1) is 0 Å². The fraction of sp³-hybridized carbons (Fsp3) is 0.714. The van der Waals surface area contributed by atoms with Gasteiger partial charge in [0.1, 0.15) is 0 Å². The summed E-state index contributed by atoms with van der Waals surface area (Å²) in [6.45, 7) is 12.4. The van der Waals surface area contributed by atoms with Crippen molar-refractivity contribution in [1.82, 2.24) is 20.2 Å². The molecule has 8 nitrogen and oxygen atoms in total. The van der Waals surface area contributed by atoms with E-state index < -0.39 is 0 Å². The second-order valence-corrected chi connectivity index (χ2v) is 54.9. The van der Waals surface area contributed by atoms with E-state index in [1.165, 1.54) is 125 Å². The Labute approximate surface area is 527 Å². The summed E-state index contributed by atoms with van der Waals surface area (Å²) < 4.78 is 0. The molecule has 75 heavy (non-hydrogen) atoms. The zero-order valence-corrected chi connectivity index (χ0v) is 62.5. The highest BCUT2D eigenvalue weighted by molar-refractivity contribution is 8.79. The van der Waals surface area contributed by atoms with Crippen molar-refractivity contribution >= 4 is 252 Å². The molecule has 2 aromatic rings. The summed E-state index contributed by atoms with van der Waals surface area (Å²) >= 11 is 14.8. The topological polar surface area (TPSA) is 81.7 Å². The Kier molecular flexibility index (Phi) is 61.6. The van der Waals surface area contributed by atoms with E-state index in [1.54, 1.807) is 142 Å². The number of nitrogens with one attached hydrogen (secondary N) is 1. The molecule has 0 bridgehead atoms. The number of carbonyl (C=O) groups excluding carboxylic acids is 2. The number of hydrogen-bond acceptors (Lipinski definition) is 9. The molecular weight excluding hydrogens is 1430 g/mol. The zero-order chi connectivity index (χ0) is 54.2.